The molecule has 1 aliphatic carbocycles. The molecule has 1 saturated carbocycles. The molecule has 9 nitrogen and oxygen atoms in total. The van der Waals surface area contributed by atoms with E-state index in [9.17, 15) is 4.39 Å². The maximum Gasteiger partial charge on any atom is 0.166 e. The maximum atomic E-state index is 14.1. The summed E-state index contributed by atoms with van der Waals surface area (Å²) in [7, 11) is 1.65. The number of allylic oxidation sites excluding steroid dienone is 1. The number of nitrogens with zero attached hydrogens (tertiary/aromatic N) is 3. The SMILES string of the molecule is CN/N=C1/CN/C(=C(\N=N)C2CCC2)c2cnc(N)c(c2)OC(C)c2cc(F)ccc2C1=N. The van der Waals surface area contributed by atoms with Gasteiger partial charge in [0.2, 0.25) is 0 Å². The minimum Gasteiger partial charge on any atom is -0.482 e. The second kappa shape index (κ2) is 9.35. The molecule has 1 unspecified atom stereocenters. The van der Waals surface area contributed by atoms with E-state index in [2.05, 4.69) is 25.9 Å². The van der Waals surface area contributed by atoms with Gasteiger partial charge in [-0.05, 0) is 44.0 Å². The predicted octanol–water partition coefficient (Wildman–Crippen LogP) is 3.99. The van der Waals surface area contributed by atoms with Crippen LogP contribution in [-0.4, -0.2) is 30.0 Å². The molecule has 2 heterocycles. The zero-order valence-corrected chi connectivity index (χ0v) is 18.6. The highest BCUT2D eigenvalue weighted by atomic mass is 19.1. The Bertz CT molecular complexity index is 1160. The van der Waals surface area contributed by atoms with Crippen molar-refractivity contribution >= 4 is 22.9 Å². The van der Waals surface area contributed by atoms with Gasteiger partial charge < -0.3 is 21.2 Å². The van der Waals surface area contributed by atoms with Crippen LogP contribution in [0.5, 0.6) is 5.75 Å². The Hall–Kier alpha value is -3.82. The molecule has 2 aromatic rings. The van der Waals surface area contributed by atoms with Crippen molar-refractivity contribution in [2.24, 2.45) is 16.1 Å². The number of anilines is 1. The Kier molecular flexibility index (Phi) is 6.34. The molecule has 33 heavy (non-hydrogen) atoms. The number of nitrogen functional groups attached to an aromatic ring is 1. The lowest BCUT2D eigenvalue weighted by molar-refractivity contribution is 0.227. The molecule has 1 aliphatic heterocycles. The van der Waals surface area contributed by atoms with Gasteiger partial charge in [-0.2, -0.15) is 10.2 Å². The van der Waals surface area contributed by atoms with Crippen LogP contribution in [0.3, 0.4) is 0 Å². The van der Waals surface area contributed by atoms with Gasteiger partial charge in [0, 0.05) is 35.9 Å². The van der Waals surface area contributed by atoms with Crippen molar-refractivity contribution in [3.05, 3.63) is 58.7 Å². The van der Waals surface area contributed by atoms with Crippen molar-refractivity contribution in [2.45, 2.75) is 32.3 Å². The molecule has 172 valence electrons. The summed E-state index contributed by atoms with van der Waals surface area (Å²) in [6.45, 7) is 1.96. The first-order chi connectivity index (χ1) is 15.9. The minimum absolute atomic E-state index is 0.130. The van der Waals surface area contributed by atoms with E-state index >= 15 is 0 Å². The summed E-state index contributed by atoms with van der Waals surface area (Å²) in [6, 6.07) is 5.98. The fourth-order valence-corrected chi connectivity index (χ4v) is 4.06. The van der Waals surface area contributed by atoms with Gasteiger partial charge >= 0.3 is 0 Å². The fourth-order valence-electron chi connectivity index (χ4n) is 4.06. The highest BCUT2D eigenvalue weighted by Crippen LogP contribution is 2.38. The topological polar surface area (TPSA) is 145 Å². The lowest BCUT2D eigenvalue weighted by Crippen LogP contribution is -2.32. The van der Waals surface area contributed by atoms with Crippen LogP contribution in [0.1, 0.15) is 49.0 Å². The Morgan fingerprint density at radius 3 is 2.79 bits per heavy atom. The van der Waals surface area contributed by atoms with Gasteiger partial charge in [-0.25, -0.2) is 14.9 Å². The summed E-state index contributed by atoms with van der Waals surface area (Å²) in [4.78, 5) is 4.29. The van der Waals surface area contributed by atoms with Crippen LogP contribution in [-0.2, 0) is 0 Å². The quantitative estimate of drug-likeness (QED) is 0.355. The zero-order valence-electron chi connectivity index (χ0n) is 18.6. The molecular weight excluding hydrogens is 423 g/mol. The third kappa shape index (κ3) is 4.41. The summed E-state index contributed by atoms with van der Waals surface area (Å²) in [6.07, 6.45) is 4.00. The lowest BCUT2D eigenvalue weighted by Gasteiger charge is -2.28. The molecule has 1 fully saturated rings. The van der Waals surface area contributed by atoms with E-state index in [1.54, 1.807) is 32.3 Å². The highest BCUT2D eigenvalue weighted by Gasteiger charge is 2.28. The van der Waals surface area contributed by atoms with Crippen LogP contribution in [0.2, 0.25) is 0 Å². The Morgan fingerprint density at radius 1 is 1.33 bits per heavy atom. The Labute approximate surface area is 191 Å². The smallest absolute Gasteiger partial charge is 0.166 e. The number of benzene rings is 1. The average Bonchev–Trinajstić information content (AvgIpc) is 2.77. The molecule has 1 aromatic heterocycles. The molecule has 0 radical (unpaired) electrons. The fraction of sp³-hybridized carbons (Fsp3) is 0.348. The number of hydrogen-bond donors (Lipinski definition) is 5. The summed E-state index contributed by atoms with van der Waals surface area (Å²) in [5.41, 5.74) is 20.1. The van der Waals surface area contributed by atoms with Crippen molar-refractivity contribution in [2.75, 3.05) is 19.3 Å². The summed E-state index contributed by atoms with van der Waals surface area (Å²) < 4.78 is 20.2. The van der Waals surface area contributed by atoms with Crippen LogP contribution in [0.4, 0.5) is 10.2 Å². The van der Waals surface area contributed by atoms with E-state index in [0.29, 0.717) is 39.5 Å². The number of nitrogens with two attached hydrogens (primary N) is 1. The van der Waals surface area contributed by atoms with Gasteiger partial charge in [0.05, 0.1) is 23.7 Å². The number of fused-ring (bicyclic) bond motifs is 3. The Balaban J connectivity index is 1.91. The minimum atomic E-state index is -0.613. The first-order valence-corrected chi connectivity index (χ1v) is 10.8. The summed E-state index contributed by atoms with van der Waals surface area (Å²) >= 11 is 0. The van der Waals surface area contributed by atoms with Gasteiger partial charge in [-0.15, -0.1) is 0 Å². The maximum absolute atomic E-state index is 14.1. The van der Waals surface area contributed by atoms with Crippen molar-refractivity contribution in [1.82, 2.24) is 15.7 Å². The van der Waals surface area contributed by atoms with Crippen molar-refractivity contribution in [3.63, 3.8) is 0 Å². The van der Waals surface area contributed by atoms with Gasteiger partial charge in [0.25, 0.3) is 0 Å². The van der Waals surface area contributed by atoms with Gasteiger partial charge in [-0.1, -0.05) is 6.42 Å². The van der Waals surface area contributed by atoms with Gasteiger partial charge in [0.1, 0.15) is 17.6 Å². The molecular formula is C23H27FN8O. The molecule has 0 amide bonds. The third-order valence-electron chi connectivity index (χ3n) is 6.03. The monoisotopic (exact) mass is 450 g/mol. The van der Waals surface area contributed by atoms with E-state index in [-0.39, 0.29) is 24.0 Å². The number of pyridine rings is 1. The normalized spacial score (nSPS) is 21.5. The molecule has 2 aliphatic rings. The van der Waals surface area contributed by atoms with Gasteiger partial charge in [0.15, 0.2) is 11.6 Å². The standard InChI is InChI=1S/C23H27FN8O/c1-12-17-9-15(24)6-7-16(17)20(25)18(32-28-2)11-29-21(22(31-27)13-4-3-5-13)14-8-19(33-12)23(26)30-10-14/h6-10,12-13,25,27-29H,3-5,11H2,1-2H3,(H2,26,30)/b22-21-,25-20?,31-27?,32-18-. The second-order valence-electron chi connectivity index (χ2n) is 8.11. The molecule has 4 rings (SSSR count). The molecule has 2 bridgehead atoms. The van der Waals surface area contributed by atoms with Crippen molar-refractivity contribution in [1.29, 1.82) is 10.9 Å². The van der Waals surface area contributed by atoms with E-state index < -0.39 is 11.9 Å². The first-order valence-electron chi connectivity index (χ1n) is 10.8. The number of hydrogen-bond acceptors (Lipinski definition) is 9. The van der Waals surface area contributed by atoms with E-state index in [0.717, 1.165) is 19.3 Å². The van der Waals surface area contributed by atoms with E-state index in [4.69, 9.17) is 21.4 Å². The Morgan fingerprint density at radius 2 is 2.12 bits per heavy atom. The number of halogens is 1. The summed E-state index contributed by atoms with van der Waals surface area (Å²) in [5.74, 6) is 0.275. The third-order valence-corrected chi connectivity index (χ3v) is 6.03. The van der Waals surface area contributed by atoms with E-state index in [1.165, 1.54) is 12.1 Å². The number of ether oxygens (including phenoxy) is 1. The largest absolute Gasteiger partial charge is 0.482 e. The lowest BCUT2D eigenvalue weighted by atomic mass is 9.81. The van der Waals surface area contributed by atoms with Gasteiger partial charge in [-0.3, -0.25) is 5.41 Å². The number of nitrogens with one attached hydrogen (secondary N) is 4. The molecule has 10 heteroatoms. The number of aromatic nitrogens is 1. The molecule has 6 N–H and O–H groups in total. The molecule has 0 spiro atoms. The summed E-state index contributed by atoms with van der Waals surface area (Å²) in [5, 5.41) is 20.3. The van der Waals surface area contributed by atoms with Crippen LogP contribution in [0.25, 0.3) is 5.70 Å². The molecule has 1 aromatic carbocycles. The van der Waals surface area contributed by atoms with Crippen molar-refractivity contribution in [3.8, 4) is 5.75 Å². The number of rotatable bonds is 3. The van der Waals surface area contributed by atoms with E-state index in [1.807, 2.05) is 0 Å². The van der Waals surface area contributed by atoms with Crippen LogP contribution in [0, 0.1) is 22.7 Å². The zero-order chi connectivity index (χ0) is 23.5. The molecule has 0 saturated heterocycles. The number of hydrazone groups is 1. The second-order valence-corrected chi connectivity index (χ2v) is 8.11. The van der Waals surface area contributed by atoms with Crippen molar-refractivity contribution < 1.29 is 9.13 Å². The van der Waals surface area contributed by atoms with Crippen LogP contribution in [0.15, 0.2) is 46.4 Å². The predicted molar refractivity (Wildman–Crippen MR) is 125 cm³/mol. The molecule has 1 atom stereocenters. The van der Waals surface area contributed by atoms with Crippen LogP contribution >= 0.6 is 0 Å². The average molecular weight is 451 g/mol. The van der Waals surface area contributed by atoms with Crippen LogP contribution < -0.4 is 21.2 Å². The highest BCUT2D eigenvalue weighted by molar-refractivity contribution is 6.48. The first kappa shape index (κ1) is 22.4.